The highest BCUT2D eigenvalue weighted by Crippen LogP contribution is 2.36. The van der Waals surface area contributed by atoms with E-state index in [1.54, 1.807) is 0 Å². The van der Waals surface area contributed by atoms with Crippen LogP contribution in [0.1, 0.15) is 96.9 Å². The summed E-state index contributed by atoms with van der Waals surface area (Å²) in [5.74, 6) is 0. The molecule has 0 saturated carbocycles. The molecule has 3 aliphatic heterocycles. The van der Waals surface area contributed by atoms with Crippen LogP contribution in [0.3, 0.4) is 0 Å². The third kappa shape index (κ3) is 4.67. The van der Waals surface area contributed by atoms with E-state index in [1.807, 2.05) is 0 Å². The van der Waals surface area contributed by atoms with Gasteiger partial charge in [0.2, 0.25) is 0 Å². The molecule has 1 aromatic heterocycles. The van der Waals surface area contributed by atoms with E-state index in [2.05, 4.69) is 110 Å². The standard InChI is InChI=1S/C40H45N3O/c1-10-26-22(5)33-19-37-28(12-3)29(13-4)38(43-37)20-34-23(6)27(11-2)36(42-34)18-25-16-24(17-35(26)41-33)30-14-15-32(40(7,8)9)31(21-44)39(25)30/h14-21,42,44H,10-13H2,1-9H3/b31-21-,34-20?,35-17?,36-18?,37-19?. The normalized spacial score (nSPS) is 18.2. The number of aliphatic imine (C=N–C) groups is 2. The first-order chi connectivity index (χ1) is 21.0. The molecule has 4 heteroatoms. The summed E-state index contributed by atoms with van der Waals surface area (Å²) in [6.07, 6.45) is 16.2. The number of aromatic nitrogens is 1. The lowest BCUT2D eigenvalue weighted by molar-refractivity contribution is 0.532. The highest BCUT2D eigenvalue weighted by molar-refractivity contribution is 6.24. The van der Waals surface area contributed by atoms with Crippen LogP contribution in [0, 0.1) is 6.92 Å². The molecule has 1 aliphatic carbocycles. The second-order valence-electron chi connectivity index (χ2n) is 13.3. The van der Waals surface area contributed by atoms with Crippen LogP contribution in [0.4, 0.5) is 0 Å². The fourth-order valence-electron chi connectivity index (χ4n) is 7.42. The summed E-state index contributed by atoms with van der Waals surface area (Å²) in [5.41, 5.74) is 16.1. The molecule has 6 rings (SSSR count). The maximum atomic E-state index is 10.7. The largest absolute Gasteiger partial charge is 0.515 e. The SMILES string of the molecule is CCC1=C(C)C2=NC1=CC1=CC(=c3c1ccc(C(C)(C)C)/c3=C/O)C=c1[nH]c(c(C)c1CC)=CC1=NC(=C2)C(CC)=C1CC. The molecule has 4 aliphatic rings. The van der Waals surface area contributed by atoms with E-state index in [4.69, 9.17) is 9.98 Å². The number of hydrogen-bond donors (Lipinski definition) is 2. The lowest BCUT2D eigenvalue weighted by Gasteiger charge is -2.20. The van der Waals surface area contributed by atoms with Crippen molar-refractivity contribution in [2.45, 2.75) is 93.4 Å². The van der Waals surface area contributed by atoms with Crippen molar-refractivity contribution in [2.75, 3.05) is 0 Å². The molecule has 4 nitrogen and oxygen atoms in total. The lowest BCUT2D eigenvalue weighted by Crippen LogP contribution is -2.36. The van der Waals surface area contributed by atoms with Crippen molar-refractivity contribution in [2.24, 2.45) is 9.98 Å². The highest BCUT2D eigenvalue weighted by Gasteiger charge is 2.26. The van der Waals surface area contributed by atoms with Crippen LogP contribution in [0.25, 0.3) is 29.6 Å². The average Bonchev–Trinajstić information content (AvgIpc) is 3.69. The number of aliphatic hydroxyl groups excluding tert-OH is 1. The quantitative estimate of drug-likeness (QED) is 0.408. The first kappa shape index (κ1) is 29.9. The first-order valence-electron chi connectivity index (χ1n) is 16.2. The zero-order chi connectivity index (χ0) is 31.5. The Morgan fingerprint density at radius 3 is 2.07 bits per heavy atom. The molecule has 0 radical (unpaired) electrons. The molecule has 44 heavy (non-hydrogen) atoms. The van der Waals surface area contributed by atoms with Gasteiger partial charge in [0, 0.05) is 21.1 Å². The van der Waals surface area contributed by atoms with Gasteiger partial charge in [0.05, 0.1) is 29.1 Å². The second kappa shape index (κ2) is 11.1. The van der Waals surface area contributed by atoms with E-state index in [0.717, 1.165) is 91.9 Å². The molecule has 0 saturated heterocycles. The van der Waals surface area contributed by atoms with Crippen LogP contribution >= 0.6 is 0 Å². The Hall–Kier alpha value is -4.18. The predicted octanol–water partition coefficient (Wildman–Crippen LogP) is 6.82. The Morgan fingerprint density at radius 2 is 1.43 bits per heavy atom. The van der Waals surface area contributed by atoms with E-state index in [0.29, 0.717) is 0 Å². The predicted molar refractivity (Wildman–Crippen MR) is 188 cm³/mol. The van der Waals surface area contributed by atoms with Crippen molar-refractivity contribution >= 4 is 41.0 Å². The number of rotatable bonds is 4. The van der Waals surface area contributed by atoms with E-state index in [-0.39, 0.29) is 5.41 Å². The van der Waals surface area contributed by atoms with Crippen LogP contribution in [-0.4, -0.2) is 21.5 Å². The maximum absolute atomic E-state index is 10.7. The minimum atomic E-state index is -0.125. The molecule has 0 unspecified atom stereocenters. The molecule has 2 aromatic rings. The Kier molecular flexibility index (Phi) is 7.52. The Bertz CT molecular complexity index is 2090. The van der Waals surface area contributed by atoms with Crippen molar-refractivity contribution in [3.63, 3.8) is 0 Å². The molecule has 8 bridgehead atoms. The summed E-state index contributed by atoms with van der Waals surface area (Å²) in [6, 6.07) is 4.40. The zero-order valence-electron chi connectivity index (χ0n) is 27.8. The number of nitrogens with one attached hydrogen (secondary N) is 1. The molecule has 2 N–H and O–H groups in total. The molecule has 226 valence electrons. The van der Waals surface area contributed by atoms with Crippen molar-refractivity contribution in [1.82, 2.24) is 4.98 Å². The van der Waals surface area contributed by atoms with E-state index in [1.165, 1.54) is 39.7 Å². The highest BCUT2D eigenvalue weighted by atomic mass is 16.2. The van der Waals surface area contributed by atoms with Gasteiger partial charge in [0.25, 0.3) is 0 Å². The van der Waals surface area contributed by atoms with Gasteiger partial charge in [-0.2, -0.15) is 0 Å². The average molecular weight is 584 g/mol. The molecular formula is C40H45N3O. The second-order valence-corrected chi connectivity index (χ2v) is 13.3. The third-order valence-corrected chi connectivity index (χ3v) is 9.72. The number of nitrogens with zero attached hydrogens (tertiary/aromatic N) is 2. The van der Waals surface area contributed by atoms with Crippen molar-refractivity contribution in [1.29, 1.82) is 0 Å². The topological polar surface area (TPSA) is 60.7 Å². The molecule has 0 atom stereocenters. The van der Waals surface area contributed by atoms with Crippen molar-refractivity contribution < 1.29 is 5.11 Å². The van der Waals surface area contributed by atoms with E-state index >= 15 is 0 Å². The number of allylic oxidation sites excluding steroid dienone is 8. The van der Waals surface area contributed by atoms with Gasteiger partial charge in [-0.1, -0.05) is 60.6 Å². The smallest absolute Gasteiger partial charge is 0.0873 e. The maximum Gasteiger partial charge on any atom is 0.0873 e. The van der Waals surface area contributed by atoms with Crippen LogP contribution in [0.15, 0.2) is 74.0 Å². The fourth-order valence-corrected chi connectivity index (χ4v) is 7.42. The van der Waals surface area contributed by atoms with E-state index in [9.17, 15) is 5.11 Å². The van der Waals surface area contributed by atoms with Crippen LogP contribution < -0.4 is 21.1 Å². The van der Waals surface area contributed by atoms with Gasteiger partial charge in [-0.15, -0.1) is 0 Å². The number of H-pyrrole nitrogens is 1. The lowest BCUT2D eigenvalue weighted by atomic mass is 9.84. The van der Waals surface area contributed by atoms with Crippen LogP contribution in [0.2, 0.25) is 0 Å². The Labute approximate surface area is 261 Å². The van der Waals surface area contributed by atoms with Gasteiger partial charge >= 0.3 is 0 Å². The number of aliphatic hydroxyl groups is 1. The minimum absolute atomic E-state index is 0.125. The Balaban J connectivity index is 1.78. The molecule has 1 aromatic carbocycles. The van der Waals surface area contributed by atoms with Crippen LogP contribution in [0.5, 0.6) is 0 Å². The number of fused-ring (bicyclic) bond motifs is 7. The number of aromatic amines is 1. The van der Waals surface area contributed by atoms with Gasteiger partial charge in [0.1, 0.15) is 0 Å². The summed E-state index contributed by atoms with van der Waals surface area (Å²) in [5, 5.41) is 14.9. The molecule has 0 spiro atoms. The number of hydrogen-bond acceptors (Lipinski definition) is 3. The minimum Gasteiger partial charge on any atom is -0.515 e. The summed E-state index contributed by atoms with van der Waals surface area (Å²) in [4.78, 5) is 14.3. The summed E-state index contributed by atoms with van der Waals surface area (Å²) < 4.78 is 0. The van der Waals surface area contributed by atoms with Gasteiger partial charge in [-0.3, -0.25) is 0 Å². The van der Waals surface area contributed by atoms with Gasteiger partial charge < -0.3 is 10.1 Å². The molecule has 0 amide bonds. The third-order valence-electron chi connectivity index (χ3n) is 9.72. The Morgan fingerprint density at radius 1 is 0.750 bits per heavy atom. The molecular weight excluding hydrogens is 538 g/mol. The van der Waals surface area contributed by atoms with E-state index < -0.39 is 0 Å². The van der Waals surface area contributed by atoms with Gasteiger partial charge in [0.15, 0.2) is 0 Å². The zero-order valence-corrected chi connectivity index (χ0v) is 27.8. The molecule has 4 heterocycles. The number of benzene rings is 1. The first-order valence-corrected chi connectivity index (χ1v) is 16.2. The fraction of sp³-hybridized carbons (Fsp3) is 0.350. The van der Waals surface area contributed by atoms with Crippen molar-refractivity contribution in [3.8, 4) is 0 Å². The summed E-state index contributed by atoms with van der Waals surface area (Å²) in [6.45, 7) is 19.9. The van der Waals surface area contributed by atoms with Crippen LogP contribution in [-0.2, 0) is 11.8 Å². The monoisotopic (exact) mass is 583 g/mol. The molecule has 0 fully saturated rings. The summed E-state index contributed by atoms with van der Waals surface area (Å²) in [7, 11) is 0. The van der Waals surface area contributed by atoms with Crippen molar-refractivity contribution in [3.05, 3.63) is 107 Å². The summed E-state index contributed by atoms with van der Waals surface area (Å²) >= 11 is 0. The van der Waals surface area contributed by atoms with Gasteiger partial charge in [-0.05, 0) is 131 Å². The van der Waals surface area contributed by atoms with Gasteiger partial charge in [-0.25, -0.2) is 9.98 Å².